The number of carbonyl (C=O) groups is 2. The van der Waals surface area contributed by atoms with Crippen molar-refractivity contribution in [1.82, 2.24) is 10.2 Å². The largest absolute Gasteiger partial charge is 0.354 e. The van der Waals surface area contributed by atoms with Gasteiger partial charge in [0.2, 0.25) is 21.8 Å². The Morgan fingerprint density at radius 2 is 1.70 bits per heavy atom. The summed E-state index contributed by atoms with van der Waals surface area (Å²) >= 11 is 9.59. The number of carbonyl (C=O) groups excluding carboxylic acids is 2. The minimum atomic E-state index is -3.85. The van der Waals surface area contributed by atoms with E-state index >= 15 is 0 Å². The molecule has 2 amide bonds. The van der Waals surface area contributed by atoms with Gasteiger partial charge in [-0.1, -0.05) is 83.3 Å². The molecule has 0 fully saturated rings. The summed E-state index contributed by atoms with van der Waals surface area (Å²) in [5.41, 5.74) is 2.66. The van der Waals surface area contributed by atoms with E-state index in [0.29, 0.717) is 22.8 Å². The Balaban J connectivity index is 2.05. The first kappa shape index (κ1) is 31.6. The Hall–Kier alpha value is -2.88. The highest BCUT2D eigenvalue weighted by Crippen LogP contribution is 2.26. The van der Waals surface area contributed by atoms with E-state index in [9.17, 15) is 18.0 Å². The smallest absolute Gasteiger partial charge is 0.244 e. The van der Waals surface area contributed by atoms with Gasteiger partial charge in [0.15, 0.2) is 0 Å². The zero-order valence-corrected chi connectivity index (χ0v) is 26.1. The van der Waals surface area contributed by atoms with Gasteiger partial charge in [0.1, 0.15) is 12.6 Å². The van der Waals surface area contributed by atoms with Crippen molar-refractivity contribution in [3.8, 4) is 0 Å². The molecule has 3 aromatic carbocycles. The van der Waals surface area contributed by atoms with Gasteiger partial charge in [-0.15, -0.1) is 0 Å². The standard InChI is InChI=1S/C30H35BrClN3O4S/c1-4-5-16-33-30(37)28(19-23-10-7-6-8-11-23)34(20-24-12-9-13-25(31)18-24)29(36)21-35(40(3,38)39)27-15-14-26(32)17-22(27)2/h6-15,17-18,28H,4-5,16,19-21H2,1-3H3,(H,33,37)/t28-/m1/s1. The van der Waals surface area contributed by atoms with Crippen molar-refractivity contribution < 1.29 is 18.0 Å². The molecule has 0 heterocycles. The summed E-state index contributed by atoms with van der Waals surface area (Å²) in [7, 11) is -3.85. The molecule has 0 bridgehead atoms. The van der Waals surface area contributed by atoms with Gasteiger partial charge < -0.3 is 10.2 Å². The van der Waals surface area contributed by atoms with Crippen LogP contribution in [0, 0.1) is 6.92 Å². The fourth-order valence-electron chi connectivity index (χ4n) is 4.39. The van der Waals surface area contributed by atoms with Crippen LogP contribution in [-0.4, -0.2) is 50.5 Å². The van der Waals surface area contributed by atoms with Crippen LogP contribution in [0.3, 0.4) is 0 Å². The van der Waals surface area contributed by atoms with Crippen LogP contribution in [0.5, 0.6) is 0 Å². The highest BCUT2D eigenvalue weighted by Gasteiger charge is 2.33. The molecule has 1 atom stereocenters. The fourth-order valence-corrected chi connectivity index (χ4v) is 5.97. The van der Waals surface area contributed by atoms with E-state index in [-0.39, 0.29) is 18.9 Å². The van der Waals surface area contributed by atoms with Gasteiger partial charge in [-0.05, 0) is 60.4 Å². The molecule has 0 aromatic heterocycles. The van der Waals surface area contributed by atoms with Crippen molar-refractivity contribution in [2.45, 2.75) is 45.7 Å². The van der Waals surface area contributed by atoms with Crippen LogP contribution in [0.2, 0.25) is 5.02 Å². The Bertz CT molecular complexity index is 1420. The Kier molecular flexibility index (Phi) is 11.6. The molecule has 7 nitrogen and oxygen atoms in total. The molecule has 0 radical (unpaired) electrons. The monoisotopic (exact) mass is 647 g/mol. The molecule has 40 heavy (non-hydrogen) atoms. The molecule has 214 valence electrons. The second-order valence-corrected chi connectivity index (χ2v) is 13.0. The summed E-state index contributed by atoms with van der Waals surface area (Å²) < 4.78 is 27.8. The minimum absolute atomic E-state index is 0.119. The lowest BCUT2D eigenvalue weighted by atomic mass is 10.0. The molecule has 3 aromatic rings. The van der Waals surface area contributed by atoms with Gasteiger partial charge in [-0.25, -0.2) is 8.42 Å². The van der Waals surface area contributed by atoms with E-state index in [2.05, 4.69) is 21.2 Å². The summed E-state index contributed by atoms with van der Waals surface area (Å²) in [4.78, 5) is 29.2. The number of anilines is 1. The number of unbranched alkanes of at least 4 members (excludes halogenated alkanes) is 1. The number of benzene rings is 3. The van der Waals surface area contributed by atoms with E-state index in [1.54, 1.807) is 25.1 Å². The van der Waals surface area contributed by atoms with Crippen LogP contribution >= 0.6 is 27.5 Å². The summed E-state index contributed by atoms with van der Waals surface area (Å²) in [5.74, 6) is -0.777. The van der Waals surface area contributed by atoms with Gasteiger partial charge in [0, 0.05) is 29.0 Å². The molecule has 0 spiro atoms. The molecule has 0 aliphatic carbocycles. The van der Waals surface area contributed by atoms with Crippen LogP contribution < -0.4 is 9.62 Å². The predicted molar refractivity (Wildman–Crippen MR) is 165 cm³/mol. The van der Waals surface area contributed by atoms with Crippen molar-refractivity contribution in [3.63, 3.8) is 0 Å². The zero-order valence-electron chi connectivity index (χ0n) is 22.9. The zero-order chi connectivity index (χ0) is 29.3. The molecule has 0 saturated carbocycles. The van der Waals surface area contributed by atoms with Gasteiger partial charge in [-0.3, -0.25) is 13.9 Å². The average Bonchev–Trinajstić information content (AvgIpc) is 2.89. The maximum atomic E-state index is 14.1. The number of sulfonamides is 1. The lowest BCUT2D eigenvalue weighted by Crippen LogP contribution is -2.53. The first-order chi connectivity index (χ1) is 19.0. The van der Waals surface area contributed by atoms with Gasteiger partial charge in [-0.2, -0.15) is 0 Å². The Morgan fingerprint density at radius 1 is 1.00 bits per heavy atom. The molecular formula is C30H35BrClN3O4S. The molecular weight excluding hydrogens is 614 g/mol. The second-order valence-electron chi connectivity index (χ2n) is 9.70. The van der Waals surface area contributed by atoms with Gasteiger partial charge in [0.25, 0.3) is 0 Å². The Labute approximate surface area is 250 Å². The lowest BCUT2D eigenvalue weighted by Gasteiger charge is -2.34. The van der Waals surface area contributed by atoms with E-state index in [1.165, 1.54) is 4.90 Å². The fraction of sp³-hybridized carbons (Fsp3) is 0.333. The number of nitrogens with zero attached hydrogens (tertiary/aromatic N) is 2. The van der Waals surface area contributed by atoms with E-state index in [0.717, 1.165) is 39.0 Å². The number of hydrogen-bond donors (Lipinski definition) is 1. The van der Waals surface area contributed by atoms with E-state index in [1.807, 2.05) is 61.5 Å². The number of rotatable bonds is 13. The maximum absolute atomic E-state index is 14.1. The van der Waals surface area contributed by atoms with Crippen molar-refractivity contribution in [2.75, 3.05) is 23.7 Å². The highest BCUT2D eigenvalue weighted by molar-refractivity contribution is 9.10. The first-order valence-electron chi connectivity index (χ1n) is 13.1. The topological polar surface area (TPSA) is 86.8 Å². The third kappa shape index (κ3) is 9.08. The maximum Gasteiger partial charge on any atom is 0.244 e. The highest BCUT2D eigenvalue weighted by atomic mass is 79.9. The second kappa shape index (κ2) is 14.7. The Morgan fingerprint density at radius 3 is 2.33 bits per heavy atom. The molecule has 1 N–H and O–H groups in total. The third-order valence-corrected chi connectivity index (χ3v) is 8.30. The third-order valence-electron chi connectivity index (χ3n) is 6.45. The normalized spacial score (nSPS) is 12.0. The number of hydrogen-bond acceptors (Lipinski definition) is 4. The number of nitrogens with one attached hydrogen (secondary N) is 1. The summed E-state index contributed by atoms with van der Waals surface area (Å²) in [6, 6.07) is 20.9. The van der Waals surface area contributed by atoms with Crippen LogP contribution in [0.15, 0.2) is 77.3 Å². The molecule has 0 aliphatic heterocycles. The van der Waals surface area contributed by atoms with E-state index < -0.39 is 28.5 Å². The number of aryl methyl sites for hydroxylation is 1. The van der Waals surface area contributed by atoms with Crippen molar-refractivity contribution >= 4 is 55.1 Å². The van der Waals surface area contributed by atoms with Crippen molar-refractivity contribution in [1.29, 1.82) is 0 Å². The van der Waals surface area contributed by atoms with E-state index in [4.69, 9.17) is 11.6 Å². The van der Waals surface area contributed by atoms with Crippen LogP contribution in [0.25, 0.3) is 0 Å². The van der Waals surface area contributed by atoms with Gasteiger partial charge >= 0.3 is 0 Å². The minimum Gasteiger partial charge on any atom is -0.354 e. The van der Waals surface area contributed by atoms with Crippen LogP contribution in [-0.2, 0) is 32.6 Å². The quantitative estimate of drug-likeness (QED) is 0.240. The van der Waals surface area contributed by atoms with Crippen LogP contribution in [0.4, 0.5) is 5.69 Å². The summed E-state index contributed by atoms with van der Waals surface area (Å²) in [6.45, 7) is 3.91. The number of amides is 2. The molecule has 0 unspecified atom stereocenters. The number of halogens is 2. The van der Waals surface area contributed by atoms with Crippen molar-refractivity contribution in [2.24, 2.45) is 0 Å². The first-order valence-corrected chi connectivity index (χ1v) is 16.1. The van der Waals surface area contributed by atoms with Gasteiger partial charge in [0.05, 0.1) is 11.9 Å². The average molecular weight is 649 g/mol. The lowest BCUT2D eigenvalue weighted by molar-refractivity contribution is -0.140. The van der Waals surface area contributed by atoms with Crippen LogP contribution in [0.1, 0.15) is 36.5 Å². The molecule has 10 heteroatoms. The summed E-state index contributed by atoms with van der Waals surface area (Å²) in [6.07, 6.45) is 3.05. The predicted octanol–water partition coefficient (Wildman–Crippen LogP) is 5.73. The molecule has 3 rings (SSSR count). The summed E-state index contributed by atoms with van der Waals surface area (Å²) in [5, 5.41) is 3.44. The molecule has 0 aliphatic rings. The van der Waals surface area contributed by atoms with Crippen molar-refractivity contribution in [3.05, 3.63) is 99.0 Å². The molecule has 0 saturated heterocycles. The SMILES string of the molecule is CCCCNC(=O)[C@@H](Cc1ccccc1)N(Cc1cccc(Br)c1)C(=O)CN(c1ccc(Cl)cc1C)S(C)(=O)=O.